The van der Waals surface area contributed by atoms with Crippen LogP contribution in [-0.4, -0.2) is 15.6 Å². The lowest BCUT2D eigenvalue weighted by molar-refractivity contribution is -0.108. The molecule has 0 fully saturated rings. The van der Waals surface area contributed by atoms with E-state index in [4.69, 9.17) is 0 Å². The Hall–Kier alpha value is -0.373. The molecule has 0 aliphatic rings. The van der Waals surface area contributed by atoms with Crippen LogP contribution in [0.2, 0.25) is 0 Å². The molecule has 2 heteroatoms. The van der Waals surface area contributed by atoms with E-state index >= 15 is 0 Å². The second kappa shape index (κ2) is 1.92. The molecule has 0 saturated heterocycles. The quantitative estimate of drug-likeness (QED) is 0.333. The standard InChI is InChI=1S/C4H6OSi/c1-3(2)4(5)6/h6H,1H2,2H3. The van der Waals surface area contributed by atoms with Gasteiger partial charge >= 0.3 is 0 Å². The first kappa shape index (κ1) is 5.63. The molecule has 32 valence electrons. The molecule has 0 aromatic heterocycles. The van der Waals surface area contributed by atoms with Crippen molar-refractivity contribution in [1.82, 2.24) is 0 Å². The van der Waals surface area contributed by atoms with E-state index in [0.717, 1.165) is 0 Å². The first-order chi connectivity index (χ1) is 2.64. The van der Waals surface area contributed by atoms with Crippen molar-refractivity contribution >= 4 is 15.6 Å². The molecule has 6 heavy (non-hydrogen) atoms. The molecule has 0 aliphatic heterocycles. The molecule has 0 aliphatic carbocycles. The van der Waals surface area contributed by atoms with Gasteiger partial charge < -0.3 is 4.79 Å². The molecule has 2 radical (unpaired) electrons. The highest BCUT2D eigenvalue weighted by Gasteiger charge is 1.86. The molecule has 1 nitrogen and oxygen atoms in total. The summed E-state index contributed by atoms with van der Waals surface area (Å²) < 4.78 is 0. The van der Waals surface area contributed by atoms with Crippen LogP contribution in [0.4, 0.5) is 0 Å². The van der Waals surface area contributed by atoms with Gasteiger partial charge in [-0.25, -0.2) is 0 Å². The molecule has 0 atom stereocenters. The Labute approximate surface area is 40.5 Å². The van der Waals surface area contributed by atoms with Crippen LogP contribution >= 0.6 is 0 Å². The van der Waals surface area contributed by atoms with Gasteiger partial charge in [-0.15, -0.1) is 0 Å². The monoisotopic (exact) mass is 98.0 g/mol. The predicted molar refractivity (Wildman–Crippen MR) is 27.0 cm³/mol. The molecule has 0 unspecified atom stereocenters. The summed E-state index contributed by atoms with van der Waals surface area (Å²) in [5.41, 5.74) is 0.583. The van der Waals surface area contributed by atoms with Crippen LogP contribution in [0.1, 0.15) is 6.92 Å². The Kier molecular flexibility index (Phi) is 1.80. The third-order valence-electron chi connectivity index (χ3n) is 0.421. The van der Waals surface area contributed by atoms with E-state index in [2.05, 4.69) is 6.58 Å². The molecule has 0 N–H and O–H groups in total. The first-order valence-corrected chi connectivity index (χ1v) is 2.17. The van der Waals surface area contributed by atoms with E-state index in [-0.39, 0.29) is 5.41 Å². The fraction of sp³-hybridized carbons (Fsp3) is 0.250. The topological polar surface area (TPSA) is 17.1 Å². The van der Waals surface area contributed by atoms with Gasteiger partial charge in [0.05, 0.1) is 0 Å². The summed E-state index contributed by atoms with van der Waals surface area (Å²) in [5, 5.41) is -0.0185. The SMILES string of the molecule is C=C(C)C(=O)[SiH]. The highest BCUT2D eigenvalue weighted by Crippen LogP contribution is 1.80. The van der Waals surface area contributed by atoms with E-state index < -0.39 is 0 Å². The van der Waals surface area contributed by atoms with Crippen molar-refractivity contribution in [1.29, 1.82) is 0 Å². The van der Waals surface area contributed by atoms with Gasteiger partial charge in [0.25, 0.3) is 0 Å². The van der Waals surface area contributed by atoms with Crippen LogP contribution in [0.5, 0.6) is 0 Å². The van der Waals surface area contributed by atoms with E-state index in [9.17, 15) is 4.79 Å². The second-order valence-electron chi connectivity index (χ2n) is 1.14. The molecule has 0 aromatic carbocycles. The summed E-state index contributed by atoms with van der Waals surface area (Å²) in [5.74, 6) is 0. The molecule has 0 bridgehead atoms. The van der Waals surface area contributed by atoms with Gasteiger partial charge in [-0.1, -0.05) is 6.58 Å². The normalized spacial score (nSPS) is 7.67. The van der Waals surface area contributed by atoms with Crippen LogP contribution < -0.4 is 0 Å². The van der Waals surface area contributed by atoms with Crippen molar-refractivity contribution in [2.75, 3.05) is 0 Å². The minimum Gasteiger partial charge on any atom is -0.301 e. The molecule has 0 saturated carbocycles. The zero-order valence-corrected chi connectivity index (χ0v) is 4.85. The highest BCUT2D eigenvalue weighted by atomic mass is 28.1. The fourth-order valence-electron chi connectivity index (χ4n) is 0. The first-order valence-electron chi connectivity index (χ1n) is 1.60. The number of allylic oxidation sites excluding steroid dienone is 1. The zero-order chi connectivity index (χ0) is 5.15. The number of hydrogen-bond acceptors (Lipinski definition) is 1. The smallest absolute Gasteiger partial charge is 0.126 e. The third kappa shape index (κ3) is 1.90. The predicted octanol–water partition coefficient (Wildman–Crippen LogP) is -0.0101. The van der Waals surface area contributed by atoms with Crippen molar-refractivity contribution in [3.63, 3.8) is 0 Å². The molecular formula is C4H6OSi. The molecule has 0 aromatic rings. The Bertz CT molecular complexity index is 73.5. The number of carbonyl (C=O) groups is 1. The zero-order valence-electron chi connectivity index (χ0n) is 3.69. The fourth-order valence-corrected chi connectivity index (χ4v) is 0. The Morgan fingerprint density at radius 3 is 2.00 bits per heavy atom. The van der Waals surface area contributed by atoms with Gasteiger partial charge in [-0.05, 0) is 12.5 Å². The molecule has 0 spiro atoms. The average molecular weight is 98.2 g/mol. The Morgan fingerprint density at radius 1 is 1.83 bits per heavy atom. The van der Waals surface area contributed by atoms with Gasteiger partial charge in [0.2, 0.25) is 0 Å². The minimum atomic E-state index is -0.0185. The van der Waals surface area contributed by atoms with Crippen LogP contribution in [0, 0.1) is 0 Å². The van der Waals surface area contributed by atoms with Crippen LogP contribution in [0.15, 0.2) is 12.2 Å². The minimum absolute atomic E-state index is 0.0185. The van der Waals surface area contributed by atoms with E-state index in [1.807, 2.05) is 10.2 Å². The summed E-state index contributed by atoms with van der Waals surface area (Å²) in [6.07, 6.45) is 0. The summed E-state index contributed by atoms with van der Waals surface area (Å²) >= 11 is 0. The van der Waals surface area contributed by atoms with Gasteiger partial charge in [0.1, 0.15) is 15.6 Å². The molecule has 0 heterocycles. The van der Waals surface area contributed by atoms with Crippen molar-refractivity contribution in [2.24, 2.45) is 0 Å². The largest absolute Gasteiger partial charge is 0.301 e. The van der Waals surface area contributed by atoms with Gasteiger partial charge in [-0.2, -0.15) is 0 Å². The summed E-state index contributed by atoms with van der Waals surface area (Å²) in [6, 6.07) is 0. The van der Waals surface area contributed by atoms with Crippen LogP contribution in [-0.2, 0) is 4.79 Å². The van der Waals surface area contributed by atoms with Crippen LogP contribution in [0.3, 0.4) is 0 Å². The Morgan fingerprint density at radius 2 is 2.00 bits per heavy atom. The van der Waals surface area contributed by atoms with Crippen LogP contribution in [0.25, 0.3) is 0 Å². The summed E-state index contributed by atoms with van der Waals surface area (Å²) in [7, 11) is 2.03. The maximum atomic E-state index is 10.0. The Balaban J connectivity index is 3.57. The van der Waals surface area contributed by atoms with Crippen molar-refractivity contribution in [2.45, 2.75) is 6.92 Å². The van der Waals surface area contributed by atoms with E-state index in [1.165, 1.54) is 0 Å². The van der Waals surface area contributed by atoms with E-state index in [0.29, 0.717) is 5.57 Å². The lowest BCUT2D eigenvalue weighted by Gasteiger charge is -1.80. The number of hydrogen-bond donors (Lipinski definition) is 0. The summed E-state index contributed by atoms with van der Waals surface area (Å²) in [6.45, 7) is 5.06. The average Bonchev–Trinajstić information content (AvgIpc) is 1.36. The van der Waals surface area contributed by atoms with Gasteiger partial charge in [-0.3, -0.25) is 0 Å². The molecule has 0 rings (SSSR count). The van der Waals surface area contributed by atoms with Gasteiger partial charge in [0, 0.05) is 0 Å². The summed E-state index contributed by atoms with van der Waals surface area (Å²) in [4.78, 5) is 10.0. The molecule has 0 amide bonds. The van der Waals surface area contributed by atoms with Crippen molar-refractivity contribution < 1.29 is 4.79 Å². The van der Waals surface area contributed by atoms with Crippen molar-refractivity contribution in [3.8, 4) is 0 Å². The number of carbonyl (C=O) groups excluding carboxylic acids is 1. The molecular weight excluding hydrogens is 92.1 g/mol. The lowest BCUT2D eigenvalue weighted by atomic mass is 10.4. The second-order valence-corrected chi connectivity index (χ2v) is 1.67. The van der Waals surface area contributed by atoms with Crippen molar-refractivity contribution in [3.05, 3.63) is 12.2 Å². The maximum Gasteiger partial charge on any atom is 0.126 e. The third-order valence-corrected chi connectivity index (χ3v) is 0.913. The maximum absolute atomic E-state index is 10.0. The highest BCUT2D eigenvalue weighted by molar-refractivity contribution is 6.62. The van der Waals surface area contributed by atoms with E-state index in [1.54, 1.807) is 6.92 Å². The van der Waals surface area contributed by atoms with Gasteiger partial charge in [0.15, 0.2) is 0 Å². The lowest BCUT2D eigenvalue weighted by Crippen LogP contribution is -1.93. The number of rotatable bonds is 1.